The SMILES string of the molecule is C=CC(=N/C(=C/C)c1cccc(F)c1)[C@H](C)NC(=O)/C(=C/C(=N)C(F)CC)CC1CC1. The van der Waals surface area contributed by atoms with E-state index in [0.717, 1.165) is 12.8 Å². The van der Waals surface area contributed by atoms with E-state index in [9.17, 15) is 13.6 Å². The molecule has 2 atom stereocenters. The molecule has 31 heavy (non-hydrogen) atoms. The lowest BCUT2D eigenvalue weighted by Crippen LogP contribution is -2.39. The molecule has 6 heteroatoms. The van der Waals surface area contributed by atoms with Crippen LogP contribution in [0.4, 0.5) is 8.78 Å². The summed E-state index contributed by atoms with van der Waals surface area (Å²) in [7, 11) is 0. The molecule has 4 nitrogen and oxygen atoms in total. The molecule has 1 aliphatic carbocycles. The van der Waals surface area contributed by atoms with Crippen LogP contribution in [0.3, 0.4) is 0 Å². The molecule has 2 rings (SSSR count). The van der Waals surface area contributed by atoms with Crippen molar-refractivity contribution >= 4 is 23.0 Å². The maximum absolute atomic E-state index is 13.9. The Hall–Kier alpha value is -2.89. The van der Waals surface area contributed by atoms with Gasteiger partial charge in [0.2, 0.25) is 5.91 Å². The Morgan fingerprint density at radius 3 is 2.68 bits per heavy atom. The number of allylic oxidation sites excluding steroid dienone is 2. The molecule has 1 amide bonds. The molecule has 0 saturated heterocycles. The topological polar surface area (TPSA) is 65.3 Å². The molecule has 1 unspecified atom stereocenters. The molecule has 1 aromatic carbocycles. The lowest BCUT2D eigenvalue weighted by molar-refractivity contribution is -0.117. The molecule has 1 saturated carbocycles. The number of amides is 1. The van der Waals surface area contributed by atoms with E-state index in [1.165, 1.54) is 18.2 Å². The van der Waals surface area contributed by atoms with Crippen molar-refractivity contribution in [3.8, 4) is 0 Å². The smallest absolute Gasteiger partial charge is 0.247 e. The molecule has 1 fully saturated rings. The summed E-state index contributed by atoms with van der Waals surface area (Å²) in [4.78, 5) is 17.5. The average Bonchev–Trinajstić information content (AvgIpc) is 3.57. The monoisotopic (exact) mass is 427 g/mol. The highest BCUT2D eigenvalue weighted by Crippen LogP contribution is 2.35. The number of rotatable bonds is 11. The molecule has 0 heterocycles. The van der Waals surface area contributed by atoms with E-state index in [-0.39, 0.29) is 23.9 Å². The van der Waals surface area contributed by atoms with Crippen LogP contribution in [0.5, 0.6) is 0 Å². The Balaban J connectivity index is 2.20. The fourth-order valence-electron chi connectivity index (χ4n) is 3.11. The first kappa shape index (κ1) is 24.4. The number of carbonyl (C=O) groups is 1. The quantitative estimate of drug-likeness (QED) is 0.340. The van der Waals surface area contributed by atoms with Gasteiger partial charge in [-0.2, -0.15) is 0 Å². The molecule has 1 aliphatic rings. The number of nitrogens with one attached hydrogen (secondary N) is 2. The van der Waals surface area contributed by atoms with Crippen LogP contribution in [0.15, 0.2) is 59.6 Å². The minimum absolute atomic E-state index is 0.180. The average molecular weight is 428 g/mol. The molecule has 0 aromatic heterocycles. The maximum Gasteiger partial charge on any atom is 0.247 e. The van der Waals surface area contributed by atoms with Crippen LogP contribution in [-0.4, -0.2) is 29.5 Å². The van der Waals surface area contributed by atoms with Crippen LogP contribution in [0.25, 0.3) is 5.70 Å². The number of halogens is 2. The highest BCUT2D eigenvalue weighted by molar-refractivity contribution is 6.08. The Labute approximate surface area is 183 Å². The largest absolute Gasteiger partial charge is 0.344 e. The van der Waals surface area contributed by atoms with E-state index < -0.39 is 12.2 Å². The van der Waals surface area contributed by atoms with Crippen LogP contribution in [0.1, 0.15) is 52.0 Å². The number of alkyl halides is 1. The summed E-state index contributed by atoms with van der Waals surface area (Å²) in [5.74, 6) is -0.283. The van der Waals surface area contributed by atoms with Crippen molar-refractivity contribution in [1.82, 2.24) is 5.32 Å². The normalized spacial score (nSPS) is 17.1. The van der Waals surface area contributed by atoms with Gasteiger partial charge in [-0.05, 0) is 69.7 Å². The highest BCUT2D eigenvalue weighted by atomic mass is 19.1. The van der Waals surface area contributed by atoms with E-state index in [1.54, 1.807) is 45.1 Å². The lowest BCUT2D eigenvalue weighted by atomic mass is 10.0. The molecule has 0 aliphatic heterocycles. The first-order chi connectivity index (χ1) is 14.8. The fraction of sp³-hybridized carbons (Fsp3) is 0.400. The van der Waals surface area contributed by atoms with Crippen molar-refractivity contribution in [2.75, 3.05) is 0 Å². The second-order valence-electron chi connectivity index (χ2n) is 7.77. The van der Waals surface area contributed by atoms with E-state index >= 15 is 0 Å². The van der Waals surface area contributed by atoms with Crippen LogP contribution in [0.2, 0.25) is 0 Å². The van der Waals surface area contributed by atoms with Gasteiger partial charge in [0.15, 0.2) is 0 Å². The number of hydrogen-bond acceptors (Lipinski definition) is 3. The van der Waals surface area contributed by atoms with Crippen LogP contribution in [-0.2, 0) is 4.79 Å². The summed E-state index contributed by atoms with van der Waals surface area (Å²) >= 11 is 0. The third-order valence-electron chi connectivity index (χ3n) is 5.17. The van der Waals surface area contributed by atoms with Gasteiger partial charge in [-0.25, -0.2) is 8.78 Å². The summed E-state index contributed by atoms with van der Waals surface area (Å²) in [6, 6.07) is 5.66. The van der Waals surface area contributed by atoms with Crippen molar-refractivity contribution in [1.29, 1.82) is 5.41 Å². The summed E-state index contributed by atoms with van der Waals surface area (Å²) in [6.07, 6.45) is 6.10. The van der Waals surface area contributed by atoms with Gasteiger partial charge < -0.3 is 10.7 Å². The van der Waals surface area contributed by atoms with Gasteiger partial charge in [0.25, 0.3) is 0 Å². The zero-order chi connectivity index (χ0) is 23.0. The zero-order valence-corrected chi connectivity index (χ0v) is 18.4. The second kappa shape index (κ2) is 11.5. The molecular formula is C25H31F2N3O. The minimum atomic E-state index is -1.38. The number of hydrogen-bond donors (Lipinski definition) is 2. The Bertz CT molecular complexity index is 913. The third-order valence-corrected chi connectivity index (χ3v) is 5.17. The first-order valence-electron chi connectivity index (χ1n) is 10.7. The maximum atomic E-state index is 13.9. The van der Waals surface area contributed by atoms with Crippen molar-refractivity contribution in [3.05, 3.63) is 66.0 Å². The standard InChI is InChI=1S/C25H31F2N3O/c1-5-21(27)22(28)15-19(13-17-11-12-17)25(31)29-16(4)23(6-2)30-24(7-3)18-9-8-10-20(26)14-18/h6-10,14-17,21,28H,2,5,11-13H2,1,3-4H3,(H,29,31)/b19-15+,24-7+,28-22?,30-23?/t16-,21?/m0/s1. The van der Waals surface area contributed by atoms with Gasteiger partial charge in [-0.15, -0.1) is 0 Å². The summed E-state index contributed by atoms with van der Waals surface area (Å²) in [5.41, 5.74) is 1.94. The number of nitrogens with zero attached hydrogens (tertiary/aromatic N) is 1. The van der Waals surface area contributed by atoms with Crippen LogP contribution >= 0.6 is 0 Å². The van der Waals surface area contributed by atoms with E-state index in [1.807, 2.05) is 0 Å². The van der Waals surface area contributed by atoms with Crippen molar-refractivity contribution in [3.63, 3.8) is 0 Å². The van der Waals surface area contributed by atoms with Crippen molar-refractivity contribution in [2.24, 2.45) is 10.9 Å². The van der Waals surface area contributed by atoms with E-state index in [0.29, 0.717) is 34.9 Å². The van der Waals surface area contributed by atoms with Gasteiger partial charge >= 0.3 is 0 Å². The van der Waals surface area contributed by atoms with E-state index in [4.69, 9.17) is 5.41 Å². The van der Waals surface area contributed by atoms with Crippen LogP contribution < -0.4 is 5.32 Å². The van der Waals surface area contributed by atoms with Gasteiger partial charge in [0, 0.05) is 11.1 Å². The van der Waals surface area contributed by atoms with Gasteiger partial charge in [-0.1, -0.05) is 31.7 Å². The molecule has 0 radical (unpaired) electrons. The van der Waals surface area contributed by atoms with Gasteiger partial charge in [0.05, 0.1) is 23.2 Å². The van der Waals surface area contributed by atoms with Crippen molar-refractivity contribution in [2.45, 2.75) is 58.7 Å². The lowest BCUT2D eigenvalue weighted by Gasteiger charge is -2.17. The predicted molar refractivity (Wildman–Crippen MR) is 124 cm³/mol. The molecule has 0 bridgehead atoms. The van der Waals surface area contributed by atoms with Gasteiger partial charge in [-0.3, -0.25) is 9.79 Å². The second-order valence-corrected chi connectivity index (χ2v) is 7.77. The summed E-state index contributed by atoms with van der Waals surface area (Å²) in [6.45, 7) is 9.04. The molecule has 166 valence electrons. The number of aliphatic imine (C=N–C) groups is 1. The molecular weight excluding hydrogens is 396 g/mol. The summed E-state index contributed by atoms with van der Waals surface area (Å²) in [5, 5.41) is 10.8. The third kappa shape index (κ3) is 7.39. The highest BCUT2D eigenvalue weighted by Gasteiger charge is 2.27. The summed E-state index contributed by atoms with van der Waals surface area (Å²) < 4.78 is 27.4. The molecule has 2 N–H and O–H groups in total. The van der Waals surface area contributed by atoms with E-state index in [2.05, 4.69) is 16.9 Å². The Morgan fingerprint density at radius 2 is 2.13 bits per heavy atom. The number of carbonyl (C=O) groups excluding carboxylic acids is 1. The van der Waals surface area contributed by atoms with Crippen molar-refractivity contribution < 1.29 is 13.6 Å². The zero-order valence-electron chi connectivity index (χ0n) is 18.4. The Kier molecular flexibility index (Phi) is 9.03. The number of benzene rings is 1. The molecule has 0 spiro atoms. The van der Waals surface area contributed by atoms with Gasteiger partial charge in [0.1, 0.15) is 12.0 Å². The van der Waals surface area contributed by atoms with Crippen LogP contribution in [0, 0.1) is 17.1 Å². The minimum Gasteiger partial charge on any atom is -0.344 e. The molecule has 1 aromatic rings. The first-order valence-corrected chi connectivity index (χ1v) is 10.7. The Morgan fingerprint density at radius 1 is 1.42 bits per heavy atom. The predicted octanol–water partition coefficient (Wildman–Crippen LogP) is 5.81. The fourth-order valence-corrected chi connectivity index (χ4v) is 3.11.